The van der Waals surface area contributed by atoms with Crippen molar-refractivity contribution in [3.05, 3.63) is 42.2 Å². The highest BCUT2D eigenvalue weighted by Gasteiger charge is 2.38. The number of aryl methyl sites for hydroxylation is 2. The first-order chi connectivity index (χ1) is 14.9. The van der Waals surface area contributed by atoms with E-state index in [1.165, 1.54) is 0 Å². The lowest BCUT2D eigenvalue weighted by atomic mass is 9.89. The SMILES string of the molecule is Cn1cc(-c2ccc(-c3cc4c(nn3)N(C3CCC(F)(F)CC3)CCC4)c(O)c2)cn1. The Morgan fingerprint density at radius 1 is 1.10 bits per heavy atom. The van der Waals surface area contributed by atoms with Gasteiger partial charge in [0.15, 0.2) is 5.82 Å². The van der Waals surface area contributed by atoms with Crippen molar-refractivity contribution in [2.75, 3.05) is 11.4 Å². The molecule has 0 spiro atoms. The molecule has 1 aliphatic heterocycles. The van der Waals surface area contributed by atoms with Gasteiger partial charge in [-0.3, -0.25) is 4.68 Å². The molecule has 6 nitrogen and oxygen atoms in total. The summed E-state index contributed by atoms with van der Waals surface area (Å²) in [5, 5.41) is 23.7. The zero-order valence-corrected chi connectivity index (χ0v) is 17.4. The van der Waals surface area contributed by atoms with Crippen LogP contribution in [0.4, 0.5) is 14.6 Å². The van der Waals surface area contributed by atoms with Crippen LogP contribution in [0.2, 0.25) is 0 Å². The van der Waals surface area contributed by atoms with Gasteiger partial charge in [-0.1, -0.05) is 6.07 Å². The van der Waals surface area contributed by atoms with Crippen LogP contribution >= 0.6 is 0 Å². The van der Waals surface area contributed by atoms with Crippen LogP contribution in [0, 0.1) is 0 Å². The van der Waals surface area contributed by atoms with Crippen LogP contribution in [-0.2, 0) is 13.5 Å². The van der Waals surface area contributed by atoms with E-state index in [1.54, 1.807) is 16.9 Å². The third kappa shape index (κ3) is 3.86. The number of alkyl halides is 2. The van der Waals surface area contributed by atoms with Crippen molar-refractivity contribution in [2.45, 2.75) is 50.5 Å². The van der Waals surface area contributed by atoms with E-state index in [2.05, 4.69) is 20.2 Å². The highest BCUT2D eigenvalue weighted by molar-refractivity contribution is 5.74. The molecule has 8 heteroatoms. The highest BCUT2D eigenvalue weighted by Crippen LogP contribution is 2.39. The molecule has 2 aromatic heterocycles. The molecule has 0 atom stereocenters. The minimum atomic E-state index is -2.54. The molecule has 0 bridgehead atoms. The molecular weight excluding hydrogens is 400 g/mol. The number of anilines is 1. The summed E-state index contributed by atoms with van der Waals surface area (Å²) in [7, 11) is 1.85. The minimum Gasteiger partial charge on any atom is -0.507 e. The van der Waals surface area contributed by atoms with Gasteiger partial charge in [-0.25, -0.2) is 8.78 Å². The fraction of sp³-hybridized carbons (Fsp3) is 0.435. The van der Waals surface area contributed by atoms with Crippen molar-refractivity contribution in [3.8, 4) is 28.1 Å². The number of nitrogens with zero attached hydrogens (tertiary/aromatic N) is 5. The lowest BCUT2D eigenvalue weighted by Crippen LogP contribution is -2.44. The van der Waals surface area contributed by atoms with E-state index in [1.807, 2.05) is 31.4 Å². The monoisotopic (exact) mass is 425 g/mol. The quantitative estimate of drug-likeness (QED) is 0.665. The summed E-state index contributed by atoms with van der Waals surface area (Å²) in [4.78, 5) is 2.16. The van der Waals surface area contributed by atoms with E-state index in [-0.39, 0.29) is 24.6 Å². The Morgan fingerprint density at radius 2 is 1.90 bits per heavy atom. The molecule has 2 aliphatic rings. The maximum absolute atomic E-state index is 13.6. The maximum atomic E-state index is 13.6. The molecule has 162 valence electrons. The molecule has 1 aliphatic carbocycles. The smallest absolute Gasteiger partial charge is 0.248 e. The zero-order chi connectivity index (χ0) is 21.6. The Balaban J connectivity index is 1.41. The van der Waals surface area contributed by atoms with E-state index in [4.69, 9.17) is 0 Å². The van der Waals surface area contributed by atoms with E-state index in [0.717, 1.165) is 41.9 Å². The van der Waals surface area contributed by atoms with Gasteiger partial charge < -0.3 is 10.0 Å². The highest BCUT2D eigenvalue weighted by atomic mass is 19.3. The van der Waals surface area contributed by atoms with E-state index in [0.29, 0.717) is 24.1 Å². The molecule has 1 fully saturated rings. The normalized spacial score (nSPS) is 18.7. The third-order valence-corrected chi connectivity index (χ3v) is 6.41. The maximum Gasteiger partial charge on any atom is 0.248 e. The topological polar surface area (TPSA) is 67.1 Å². The Kier molecular flexibility index (Phi) is 4.87. The first kappa shape index (κ1) is 19.9. The molecular formula is C23H25F2N5O. The minimum absolute atomic E-state index is 0.0633. The molecule has 5 rings (SSSR count). The molecule has 3 heterocycles. The second-order valence-corrected chi connectivity index (χ2v) is 8.60. The van der Waals surface area contributed by atoms with Crippen molar-refractivity contribution in [1.82, 2.24) is 20.0 Å². The summed E-state index contributed by atoms with van der Waals surface area (Å²) < 4.78 is 28.9. The summed E-state index contributed by atoms with van der Waals surface area (Å²) in [5.41, 5.74) is 4.10. The van der Waals surface area contributed by atoms with Crippen LogP contribution in [0.15, 0.2) is 36.7 Å². The van der Waals surface area contributed by atoms with Crippen LogP contribution in [0.25, 0.3) is 22.4 Å². The number of fused-ring (bicyclic) bond motifs is 1. The van der Waals surface area contributed by atoms with Crippen LogP contribution < -0.4 is 4.90 Å². The molecule has 0 radical (unpaired) electrons. The molecule has 0 amide bonds. The van der Waals surface area contributed by atoms with Crippen molar-refractivity contribution < 1.29 is 13.9 Å². The Bertz CT molecular complexity index is 1100. The van der Waals surface area contributed by atoms with E-state index in [9.17, 15) is 13.9 Å². The van der Waals surface area contributed by atoms with Gasteiger partial charge >= 0.3 is 0 Å². The molecule has 3 aromatic rings. The van der Waals surface area contributed by atoms with Crippen LogP contribution in [0.5, 0.6) is 5.75 Å². The fourth-order valence-corrected chi connectivity index (χ4v) is 4.72. The number of rotatable bonds is 3. The summed E-state index contributed by atoms with van der Waals surface area (Å²) in [6, 6.07) is 7.55. The molecule has 0 saturated heterocycles. The van der Waals surface area contributed by atoms with Crippen LogP contribution in [0.3, 0.4) is 0 Å². The van der Waals surface area contributed by atoms with Crippen molar-refractivity contribution in [1.29, 1.82) is 0 Å². The van der Waals surface area contributed by atoms with Gasteiger partial charge in [0.05, 0.1) is 11.9 Å². The average Bonchev–Trinajstić information content (AvgIpc) is 3.19. The van der Waals surface area contributed by atoms with Crippen LogP contribution in [0.1, 0.15) is 37.7 Å². The predicted octanol–water partition coefficient (Wildman–Crippen LogP) is 4.58. The standard InChI is InChI=1S/C23H25F2N5O/c1-29-14-17(13-26-29)15-4-5-19(21(31)12-15)20-11-16-3-2-10-30(22(16)28-27-20)18-6-8-23(24,25)9-7-18/h4-5,11-14,18,31H,2-3,6-10H2,1H3. The number of hydrogen-bond donors (Lipinski definition) is 1. The lowest BCUT2D eigenvalue weighted by Gasteiger charge is -2.40. The summed E-state index contributed by atoms with van der Waals surface area (Å²) in [5.74, 6) is -1.60. The van der Waals surface area contributed by atoms with Gasteiger partial charge in [0.2, 0.25) is 5.92 Å². The van der Waals surface area contributed by atoms with E-state index < -0.39 is 5.92 Å². The molecule has 1 N–H and O–H groups in total. The predicted molar refractivity (Wildman–Crippen MR) is 114 cm³/mol. The summed E-state index contributed by atoms with van der Waals surface area (Å²) >= 11 is 0. The lowest BCUT2D eigenvalue weighted by molar-refractivity contribution is -0.0382. The second kappa shape index (κ2) is 7.59. The fourth-order valence-electron chi connectivity index (χ4n) is 4.72. The molecule has 1 saturated carbocycles. The van der Waals surface area contributed by atoms with Gasteiger partial charge in [-0.2, -0.15) is 5.10 Å². The van der Waals surface area contributed by atoms with Crippen LogP contribution in [-0.4, -0.2) is 43.6 Å². The van der Waals surface area contributed by atoms with Crippen molar-refractivity contribution in [3.63, 3.8) is 0 Å². The second-order valence-electron chi connectivity index (χ2n) is 8.60. The van der Waals surface area contributed by atoms with Gasteiger partial charge in [0, 0.05) is 49.8 Å². The zero-order valence-electron chi connectivity index (χ0n) is 17.4. The van der Waals surface area contributed by atoms with Crippen molar-refractivity contribution >= 4 is 5.82 Å². The average molecular weight is 425 g/mol. The molecule has 31 heavy (non-hydrogen) atoms. The number of phenols is 1. The first-order valence-electron chi connectivity index (χ1n) is 10.7. The van der Waals surface area contributed by atoms with E-state index >= 15 is 0 Å². The number of halogens is 2. The third-order valence-electron chi connectivity index (χ3n) is 6.41. The van der Waals surface area contributed by atoms with Gasteiger partial charge in [0.1, 0.15) is 5.75 Å². The largest absolute Gasteiger partial charge is 0.507 e. The number of aromatic nitrogens is 4. The number of benzene rings is 1. The summed E-state index contributed by atoms with van der Waals surface area (Å²) in [6.45, 7) is 0.822. The molecule has 0 unspecified atom stereocenters. The molecule has 1 aromatic carbocycles. The Labute approximate surface area is 179 Å². The Morgan fingerprint density at radius 3 is 2.61 bits per heavy atom. The van der Waals surface area contributed by atoms with Gasteiger partial charge in [0.25, 0.3) is 0 Å². The Hall–Kier alpha value is -3.03. The van der Waals surface area contributed by atoms with Gasteiger partial charge in [-0.05, 0) is 55.0 Å². The number of hydrogen-bond acceptors (Lipinski definition) is 5. The van der Waals surface area contributed by atoms with Crippen molar-refractivity contribution in [2.24, 2.45) is 7.05 Å². The van der Waals surface area contributed by atoms with Gasteiger partial charge in [-0.15, -0.1) is 10.2 Å². The first-order valence-corrected chi connectivity index (χ1v) is 10.7. The summed E-state index contributed by atoms with van der Waals surface area (Å²) in [6.07, 6.45) is 6.30. The number of phenolic OH excluding ortho intramolecular Hbond substituents is 1. The number of aromatic hydroxyl groups is 1.